The molecule has 3 heterocycles. The summed E-state index contributed by atoms with van der Waals surface area (Å²) >= 11 is 0. The second kappa shape index (κ2) is 11.5. The van der Waals surface area contributed by atoms with Gasteiger partial charge in [-0.15, -0.1) is 0 Å². The van der Waals surface area contributed by atoms with E-state index in [1.54, 1.807) is 14.0 Å². The highest BCUT2D eigenvalue weighted by Gasteiger charge is 2.36. The fourth-order valence-electron chi connectivity index (χ4n) is 5.12. The predicted molar refractivity (Wildman–Crippen MR) is 147 cm³/mol. The number of benzene rings is 2. The van der Waals surface area contributed by atoms with Crippen LogP contribution in [0.4, 0.5) is 4.79 Å². The zero-order valence-corrected chi connectivity index (χ0v) is 22.5. The Balaban J connectivity index is 1.63. The van der Waals surface area contributed by atoms with E-state index in [9.17, 15) is 9.59 Å². The van der Waals surface area contributed by atoms with Crippen LogP contribution in [0, 0.1) is 0 Å². The van der Waals surface area contributed by atoms with Gasteiger partial charge in [-0.05, 0) is 55.3 Å². The second-order valence-corrected chi connectivity index (χ2v) is 9.25. The molecule has 0 radical (unpaired) electrons. The highest BCUT2D eigenvalue weighted by molar-refractivity contribution is 5.77. The summed E-state index contributed by atoms with van der Waals surface area (Å²) in [7, 11) is 1.63. The fraction of sp³-hybridized carbons (Fsp3) is 0.300. The number of aromatic nitrogens is 3. The van der Waals surface area contributed by atoms with Gasteiger partial charge >= 0.3 is 12.0 Å². The molecule has 5 rings (SSSR count). The van der Waals surface area contributed by atoms with E-state index in [0.717, 1.165) is 34.0 Å². The summed E-state index contributed by atoms with van der Waals surface area (Å²) in [4.78, 5) is 27.6. The molecule has 2 amide bonds. The standard InChI is InChI=1S/C30H33N5O4/c1-4-25-24-20-34(30(37)31-17-16-27(36)39-5-2)28(21-11-9-14-23(19-21)38-3)26-15-10-18-33(26)29(24)35(32-25)22-12-7-6-8-13-22/h6-15,18-19,28H,4-5,16-17,20H2,1-3H3,(H,31,37). The number of urea groups is 1. The number of nitrogens with zero attached hydrogens (tertiary/aromatic N) is 4. The fourth-order valence-corrected chi connectivity index (χ4v) is 5.12. The molecule has 2 aromatic carbocycles. The summed E-state index contributed by atoms with van der Waals surface area (Å²) in [5, 5.41) is 7.93. The quantitative estimate of drug-likeness (QED) is 0.333. The van der Waals surface area contributed by atoms with Crippen molar-refractivity contribution in [2.24, 2.45) is 0 Å². The van der Waals surface area contributed by atoms with Gasteiger partial charge in [-0.25, -0.2) is 9.48 Å². The maximum Gasteiger partial charge on any atom is 0.318 e. The van der Waals surface area contributed by atoms with Crippen LogP contribution >= 0.6 is 0 Å². The molecule has 1 atom stereocenters. The Bertz CT molecular complexity index is 1460. The molecule has 0 spiro atoms. The van der Waals surface area contributed by atoms with Crippen molar-refractivity contribution in [2.45, 2.75) is 39.3 Å². The minimum Gasteiger partial charge on any atom is -0.497 e. The smallest absolute Gasteiger partial charge is 0.318 e. The van der Waals surface area contributed by atoms with E-state index < -0.39 is 6.04 Å². The Morgan fingerprint density at radius 3 is 2.62 bits per heavy atom. The molecular formula is C30H33N5O4. The molecule has 202 valence electrons. The van der Waals surface area contributed by atoms with Gasteiger partial charge in [0.2, 0.25) is 0 Å². The molecule has 0 saturated heterocycles. The van der Waals surface area contributed by atoms with E-state index in [1.165, 1.54) is 0 Å². The number of ether oxygens (including phenoxy) is 2. The van der Waals surface area contributed by atoms with Gasteiger partial charge < -0.3 is 24.3 Å². The van der Waals surface area contributed by atoms with Gasteiger partial charge in [0.05, 0.1) is 49.8 Å². The first kappa shape index (κ1) is 26.1. The van der Waals surface area contributed by atoms with Crippen molar-refractivity contribution in [3.05, 3.63) is 95.4 Å². The summed E-state index contributed by atoms with van der Waals surface area (Å²) < 4.78 is 14.6. The van der Waals surface area contributed by atoms with E-state index in [1.807, 2.05) is 82.5 Å². The van der Waals surface area contributed by atoms with Crippen LogP contribution in [0.2, 0.25) is 0 Å². The van der Waals surface area contributed by atoms with Crippen LogP contribution in [0.5, 0.6) is 5.75 Å². The Hall–Kier alpha value is -4.53. The number of carbonyl (C=O) groups excluding carboxylic acids is 2. The molecule has 1 aliphatic heterocycles. The molecule has 4 aromatic rings. The van der Waals surface area contributed by atoms with Crippen LogP contribution < -0.4 is 10.1 Å². The molecule has 1 N–H and O–H groups in total. The summed E-state index contributed by atoms with van der Waals surface area (Å²) in [6, 6.07) is 21.1. The normalized spacial score (nSPS) is 14.2. The lowest BCUT2D eigenvalue weighted by Crippen LogP contribution is -2.42. The first-order chi connectivity index (χ1) is 19.0. The summed E-state index contributed by atoms with van der Waals surface area (Å²) in [6.45, 7) is 4.65. The van der Waals surface area contributed by atoms with Crippen molar-refractivity contribution in [1.29, 1.82) is 0 Å². The minimum absolute atomic E-state index is 0.102. The third-order valence-electron chi connectivity index (χ3n) is 6.89. The maximum absolute atomic E-state index is 13.8. The van der Waals surface area contributed by atoms with Crippen molar-refractivity contribution in [3.8, 4) is 17.3 Å². The lowest BCUT2D eigenvalue weighted by Gasteiger charge is -2.31. The third kappa shape index (κ3) is 5.12. The number of amides is 2. The number of esters is 1. The second-order valence-electron chi connectivity index (χ2n) is 9.25. The zero-order valence-electron chi connectivity index (χ0n) is 22.5. The van der Waals surface area contributed by atoms with Gasteiger partial charge in [0.15, 0.2) is 0 Å². The summed E-state index contributed by atoms with van der Waals surface area (Å²) in [5.74, 6) is 1.28. The molecule has 0 fully saturated rings. The first-order valence-electron chi connectivity index (χ1n) is 13.2. The highest BCUT2D eigenvalue weighted by atomic mass is 16.5. The maximum atomic E-state index is 13.8. The molecule has 9 nitrogen and oxygen atoms in total. The lowest BCUT2D eigenvalue weighted by molar-refractivity contribution is -0.142. The van der Waals surface area contributed by atoms with Crippen molar-refractivity contribution in [1.82, 2.24) is 24.6 Å². The molecule has 2 aromatic heterocycles. The van der Waals surface area contributed by atoms with E-state index >= 15 is 0 Å². The SMILES string of the molecule is CCOC(=O)CCNC(=O)N1Cc2c(CC)nn(-c3ccccc3)c2-n2cccc2C1c1cccc(OC)c1. The van der Waals surface area contributed by atoms with Gasteiger partial charge in [-0.1, -0.05) is 37.3 Å². The molecule has 0 saturated carbocycles. The van der Waals surface area contributed by atoms with Crippen LogP contribution in [0.25, 0.3) is 11.5 Å². The molecule has 39 heavy (non-hydrogen) atoms. The van der Waals surface area contributed by atoms with Crippen molar-refractivity contribution in [3.63, 3.8) is 0 Å². The van der Waals surface area contributed by atoms with E-state index in [0.29, 0.717) is 25.3 Å². The number of carbonyl (C=O) groups is 2. The molecular weight excluding hydrogens is 494 g/mol. The molecule has 0 aliphatic carbocycles. The number of fused-ring (bicyclic) bond motifs is 3. The molecule has 1 aliphatic rings. The average Bonchev–Trinajstić information content (AvgIpc) is 3.54. The van der Waals surface area contributed by atoms with Gasteiger partial charge in [0.1, 0.15) is 11.6 Å². The number of rotatable bonds is 8. The number of nitrogens with one attached hydrogen (secondary N) is 1. The Kier molecular flexibility index (Phi) is 7.67. The largest absolute Gasteiger partial charge is 0.497 e. The molecule has 1 unspecified atom stereocenters. The monoisotopic (exact) mass is 527 g/mol. The minimum atomic E-state index is -0.418. The van der Waals surface area contributed by atoms with Gasteiger partial charge in [0, 0.05) is 18.3 Å². The van der Waals surface area contributed by atoms with Crippen molar-refractivity contribution >= 4 is 12.0 Å². The van der Waals surface area contributed by atoms with Crippen LogP contribution in [0.3, 0.4) is 0 Å². The van der Waals surface area contributed by atoms with Crippen LogP contribution in [0.1, 0.15) is 48.8 Å². The predicted octanol–water partition coefficient (Wildman–Crippen LogP) is 4.80. The Labute approximate surface area is 227 Å². The van der Waals surface area contributed by atoms with E-state index in [4.69, 9.17) is 14.6 Å². The number of para-hydroxylation sites is 1. The average molecular weight is 528 g/mol. The van der Waals surface area contributed by atoms with Crippen LogP contribution in [0.15, 0.2) is 72.9 Å². The van der Waals surface area contributed by atoms with Crippen LogP contribution in [-0.4, -0.2) is 51.5 Å². The van der Waals surface area contributed by atoms with Crippen LogP contribution in [-0.2, 0) is 22.5 Å². The number of hydrogen-bond donors (Lipinski definition) is 1. The highest BCUT2D eigenvalue weighted by Crippen LogP contribution is 2.39. The molecule has 9 heteroatoms. The number of aryl methyl sites for hydroxylation is 1. The number of hydrogen-bond acceptors (Lipinski definition) is 5. The van der Waals surface area contributed by atoms with E-state index in [2.05, 4.69) is 16.8 Å². The Morgan fingerprint density at radius 1 is 1.05 bits per heavy atom. The third-order valence-corrected chi connectivity index (χ3v) is 6.89. The summed E-state index contributed by atoms with van der Waals surface area (Å²) in [6.07, 6.45) is 2.83. The van der Waals surface area contributed by atoms with Gasteiger partial charge in [-0.3, -0.25) is 4.79 Å². The van der Waals surface area contributed by atoms with E-state index in [-0.39, 0.29) is 25.0 Å². The number of methoxy groups -OCH3 is 1. The zero-order chi connectivity index (χ0) is 27.4. The first-order valence-corrected chi connectivity index (χ1v) is 13.2. The van der Waals surface area contributed by atoms with Crippen molar-refractivity contribution in [2.75, 3.05) is 20.3 Å². The lowest BCUT2D eigenvalue weighted by atomic mass is 10.0. The topological polar surface area (TPSA) is 90.6 Å². The summed E-state index contributed by atoms with van der Waals surface area (Å²) in [5.41, 5.74) is 4.67. The Morgan fingerprint density at radius 2 is 1.87 bits per heavy atom. The van der Waals surface area contributed by atoms with Gasteiger partial charge in [0.25, 0.3) is 0 Å². The van der Waals surface area contributed by atoms with Gasteiger partial charge in [-0.2, -0.15) is 5.10 Å². The molecule has 0 bridgehead atoms. The van der Waals surface area contributed by atoms with Crippen molar-refractivity contribution < 1.29 is 19.1 Å².